The van der Waals surface area contributed by atoms with E-state index in [1.807, 2.05) is 35.8 Å². The molecule has 2 atom stereocenters. The molecule has 200 valence electrons. The van der Waals surface area contributed by atoms with Crippen molar-refractivity contribution >= 4 is 29.5 Å². The van der Waals surface area contributed by atoms with Crippen LogP contribution >= 0.6 is 11.6 Å². The van der Waals surface area contributed by atoms with Gasteiger partial charge in [-0.1, -0.05) is 6.07 Å². The van der Waals surface area contributed by atoms with E-state index in [1.54, 1.807) is 12.3 Å². The number of pyridine rings is 1. The summed E-state index contributed by atoms with van der Waals surface area (Å²) in [6, 6.07) is 11.4. The first-order valence-electron chi connectivity index (χ1n) is 12.7. The lowest BCUT2D eigenvalue weighted by molar-refractivity contribution is 0.0946. The summed E-state index contributed by atoms with van der Waals surface area (Å²) in [5, 5.41) is 14.3. The normalized spacial score (nSPS) is 18.8. The maximum Gasteiger partial charge on any atom is 0.297 e. The van der Waals surface area contributed by atoms with Crippen molar-refractivity contribution in [1.29, 1.82) is 0 Å². The van der Waals surface area contributed by atoms with E-state index in [9.17, 15) is 9.59 Å². The molecule has 2 bridgehead atoms. The minimum Gasteiger partial charge on any atom is -0.494 e. The SMILES string of the molecule is CCOc1ccc(/C=N\NC(=O)c2nonc2NCCCl)cc1CN1C[C@H]2C[C@@H](C1)c1cccc(=O)n1C2. The Bertz CT molecular complexity index is 1370. The summed E-state index contributed by atoms with van der Waals surface area (Å²) in [5.74, 6) is 1.60. The van der Waals surface area contributed by atoms with Crippen molar-refractivity contribution in [3.63, 3.8) is 0 Å². The zero-order chi connectivity index (χ0) is 26.5. The number of carbonyl (C=O) groups excluding carboxylic acids is 1. The first-order chi connectivity index (χ1) is 18.6. The molecule has 1 fully saturated rings. The second-order valence-corrected chi connectivity index (χ2v) is 9.85. The first-order valence-corrected chi connectivity index (χ1v) is 13.2. The van der Waals surface area contributed by atoms with Crippen molar-refractivity contribution in [2.45, 2.75) is 32.4 Å². The van der Waals surface area contributed by atoms with Crippen molar-refractivity contribution in [2.24, 2.45) is 11.0 Å². The molecule has 1 saturated heterocycles. The maximum absolute atomic E-state index is 12.4. The highest BCUT2D eigenvalue weighted by atomic mass is 35.5. The Morgan fingerprint density at radius 2 is 2.16 bits per heavy atom. The number of piperidine rings is 1. The largest absolute Gasteiger partial charge is 0.494 e. The van der Waals surface area contributed by atoms with Crippen molar-refractivity contribution in [2.75, 3.05) is 37.4 Å². The highest BCUT2D eigenvalue weighted by Crippen LogP contribution is 2.36. The molecule has 38 heavy (non-hydrogen) atoms. The van der Waals surface area contributed by atoms with E-state index in [4.69, 9.17) is 16.3 Å². The fourth-order valence-corrected chi connectivity index (χ4v) is 5.40. The van der Waals surface area contributed by atoms with E-state index in [2.05, 4.69) is 41.8 Å². The van der Waals surface area contributed by atoms with Crippen LogP contribution in [0.4, 0.5) is 5.82 Å². The van der Waals surface area contributed by atoms with Crippen LogP contribution in [0, 0.1) is 5.92 Å². The number of nitrogens with one attached hydrogen (secondary N) is 2. The van der Waals surface area contributed by atoms with Crippen molar-refractivity contribution in [1.82, 2.24) is 25.2 Å². The number of hydrogen-bond donors (Lipinski definition) is 2. The van der Waals surface area contributed by atoms with Crippen LogP contribution in [-0.2, 0) is 13.1 Å². The highest BCUT2D eigenvalue weighted by Gasteiger charge is 2.34. The Kier molecular flexibility index (Phi) is 8.04. The average Bonchev–Trinajstić information content (AvgIpc) is 3.38. The molecule has 12 heteroatoms. The Morgan fingerprint density at radius 3 is 3.00 bits per heavy atom. The molecule has 0 spiro atoms. The first kappa shape index (κ1) is 25.9. The van der Waals surface area contributed by atoms with E-state index < -0.39 is 5.91 Å². The van der Waals surface area contributed by atoms with Crippen molar-refractivity contribution < 1.29 is 14.2 Å². The molecule has 2 aliphatic heterocycles. The van der Waals surface area contributed by atoms with E-state index in [0.29, 0.717) is 37.4 Å². The molecular weight excluding hydrogens is 510 g/mol. The van der Waals surface area contributed by atoms with Crippen LogP contribution in [0.1, 0.15) is 46.6 Å². The number of ether oxygens (including phenoxy) is 1. The summed E-state index contributed by atoms with van der Waals surface area (Å²) in [4.78, 5) is 27.2. The summed E-state index contributed by atoms with van der Waals surface area (Å²) in [6.07, 6.45) is 2.68. The molecule has 0 saturated carbocycles. The number of amides is 1. The minimum atomic E-state index is -0.551. The third-order valence-electron chi connectivity index (χ3n) is 6.80. The highest BCUT2D eigenvalue weighted by molar-refractivity contribution is 6.18. The number of aromatic nitrogens is 3. The number of benzene rings is 1. The van der Waals surface area contributed by atoms with Gasteiger partial charge < -0.3 is 14.6 Å². The van der Waals surface area contributed by atoms with Gasteiger partial charge in [-0.2, -0.15) is 5.10 Å². The Hall–Kier alpha value is -3.70. The molecular formula is C26H30ClN7O4. The fourth-order valence-electron chi connectivity index (χ4n) is 5.30. The van der Waals surface area contributed by atoms with Gasteiger partial charge in [0.15, 0.2) is 0 Å². The molecule has 0 unspecified atom stereocenters. The van der Waals surface area contributed by atoms with Crippen LogP contribution in [0.2, 0.25) is 0 Å². The third kappa shape index (κ3) is 5.73. The predicted octanol–water partition coefficient (Wildman–Crippen LogP) is 2.66. The van der Waals surface area contributed by atoms with E-state index in [-0.39, 0.29) is 17.1 Å². The van der Waals surface area contributed by atoms with Gasteiger partial charge in [-0.15, -0.1) is 11.6 Å². The molecule has 3 aromatic rings. The monoisotopic (exact) mass is 539 g/mol. The van der Waals surface area contributed by atoms with Crippen molar-refractivity contribution in [3.8, 4) is 5.75 Å². The zero-order valence-corrected chi connectivity index (χ0v) is 21.9. The van der Waals surface area contributed by atoms with Gasteiger partial charge >= 0.3 is 0 Å². The lowest BCUT2D eigenvalue weighted by Gasteiger charge is -2.43. The molecule has 2 aromatic heterocycles. The van der Waals surface area contributed by atoms with E-state index in [0.717, 1.165) is 48.6 Å². The number of likely N-dealkylation sites (tertiary alicyclic amines) is 1. The van der Waals surface area contributed by atoms with Crippen LogP contribution in [0.5, 0.6) is 5.75 Å². The molecule has 2 N–H and O–H groups in total. The summed E-state index contributed by atoms with van der Waals surface area (Å²) in [7, 11) is 0. The van der Waals surface area contributed by atoms with Gasteiger partial charge in [0.25, 0.3) is 11.5 Å². The second-order valence-electron chi connectivity index (χ2n) is 9.47. The number of alkyl halides is 1. The average molecular weight is 540 g/mol. The second kappa shape index (κ2) is 11.8. The molecule has 11 nitrogen and oxygen atoms in total. The Labute approximate surface area is 224 Å². The lowest BCUT2D eigenvalue weighted by Crippen LogP contribution is -2.46. The maximum atomic E-state index is 12.4. The number of fused-ring (bicyclic) bond motifs is 4. The number of hydrogen-bond acceptors (Lipinski definition) is 9. The quantitative estimate of drug-likeness (QED) is 0.229. The number of rotatable bonds is 10. The van der Waals surface area contributed by atoms with Gasteiger partial charge in [0.05, 0.1) is 12.8 Å². The third-order valence-corrected chi connectivity index (χ3v) is 6.99. The van der Waals surface area contributed by atoms with Gasteiger partial charge in [-0.05, 0) is 59.4 Å². The molecule has 0 aliphatic carbocycles. The Morgan fingerprint density at radius 1 is 1.26 bits per heavy atom. The van der Waals surface area contributed by atoms with Crippen LogP contribution in [-0.4, -0.2) is 64.0 Å². The predicted molar refractivity (Wildman–Crippen MR) is 143 cm³/mol. The summed E-state index contributed by atoms with van der Waals surface area (Å²) in [5.41, 5.74) is 5.53. The fraction of sp³-hybridized carbons (Fsp3) is 0.423. The van der Waals surface area contributed by atoms with Crippen molar-refractivity contribution in [3.05, 3.63) is 69.3 Å². The molecule has 5 rings (SSSR count). The number of anilines is 1. The summed E-state index contributed by atoms with van der Waals surface area (Å²) < 4.78 is 12.5. The molecule has 1 aromatic carbocycles. The number of hydrazone groups is 1. The Balaban J connectivity index is 1.28. The summed E-state index contributed by atoms with van der Waals surface area (Å²) in [6.45, 7) is 6.21. The smallest absolute Gasteiger partial charge is 0.297 e. The lowest BCUT2D eigenvalue weighted by atomic mass is 9.83. The van der Waals surface area contributed by atoms with Crippen LogP contribution in [0.3, 0.4) is 0 Å². The standard InChI is InChI=1S/C26H30ClN7O4/c1-2-37-22-7-6-17(12-29-30-26(36)24-25(28-9-8-27)32-38-31-24)10-20(22)16-33-13-18-11-19(15-33)21-4-3-5-23(35)34(21)14-18/h3-7,10,12,18-19H,2,8-9,11,13-16H2,1H3,(H,28,32)(H,30,36)/b29-12-/t18-,19+/m1/s1. The number of nitrogens with zero attached hydrogens (tertiary/aromatic N) is 5. The van der Waals surface area contributed by atoms with Gasteiger partial charge in [-0.25, -0.2) is 10.1 Å². The minimum absolute atomic E-state index is 0.000803. The molecule has 0 radical (unpaired) electrons. The van der Waals surface area contributed by atoms with Gasteiger partial charge in [0, 0.05) is 61.8 Å². The van der Waals surface area contributed by atoms with Gasteiger partial charge in [-0.3, -0.25) is 14.5 Å². The van der Waals surface area contributed by atoms with Gasteiger partial charge in [0.2, 0.25) is 11.5 Å². The van der Waals surface area contributed by atoms with Crippen LogP contribution in [0.15, 0.2) is 50.9 Å². The van der Waals surface area contributed by atoms with E-state index >= 15 is 0 Å². The van der Waals surface area contributed by atoms with Crippen LogP contribution < -0.4 is 21.0 Å². The zero-order valence-electron chi connectivity index (χ0n) is 21.1. The number of carbonyl (C=O) groups is 1. The number of halogens is 1. The molecule has 4 heterocycles. The van der Waals surface area contributed by atoms with Crippen LogP contribution in [0.25, 0.3) is 0 Å². The summed E-state index contributed by atoms with van der Waals surface area (Å²) >= 11 is 5.67. The molecule has 2 aliphatic rings. The van der Waals surface area contributed by atoms with Gasteiger partial charge in [0.1, 0.15) is 5.75 Å². The topological polar surface area (TPSA) is 127 Å². The molecule has 1 amide bonds. The van der Waals surface area contributed by atoms with E-state index in [1.165, 1.54) is 0 Å².